The first kappa shape index (κ1) is 20.3. The van der Waals surface area contributed by atoms with Gasteiger partial charge in [-0.05, 0) is 38.0 Å². The average Bonchev–Trinajstić information content (AvgIpc) is 3.01. The molecular weight excluding hydrogens is 405 g/mol. The van der Waals surface area contributed by atoms with Gasteiger partial charge in [0.2, 0.25) is 11.1 Å². The number of hydrogen-bond acceptors (Lipinski definition) is 5. The summed E-state index contributed by atoms with van der Waals surface area (Å²) < 4.78 is 1.37. The van der Waals surface area contributed by atoms with E-state index in [4.69, 9.17) is 29.0 Å². The molecule has 1 aromatic carbocycles. The van der Waals surface area contributed by atoms with E-state index in [1.807, 2.05) is 18.9 Å². The summed E-state index contributed by atoms with van der Waals surface area (Å²) in [5.41, 5.74) is 0.640. The maximum Gasteiger partial charge on any atom is 0.235 e. The predicted molar refractivity (Wildman–Crippen MR) is 111 cm³/mol. The molecule has 1 aliphatic carbocycles. The molecule has 1 unspecified atom stereocenters. The Hall–Kier alpha value is -1.44. The molecule has 1 fully saturated rings. The van der Waals surface area contributed by atoms with Gasteiger partial charge in [-0.3, -0.25) is 4.79 Å². The van der Waals surface area contributed by atoms with Gasteiger partial charge in [-0.1, -0.05) is 54.2 Å². The van der Waals surface area contributed by atoms with Crippen molar-refractivity contribution in [2.45, 2.75) is 55.5 Å². The zero-order valence-corrected chi connectivity index (χ0v) is 17.7. The van der Waals surface area contributed by atoms with Gasteiger partial charge in [-0.15, -0.1) is 10.2 Å². The molecular formula is C18H23Cl2N5OS. The summed E-state index contributed by atoms with van der Waals surface area (Å²) in [5.74, 6) is 6.68. The number of nitrogens with two attached hydrogens (primary N) is 1. The van der Waals surface area contributed by atoms with Crippen molar-refractivity contribution in [3.05, 3.63) is 28.2 Å². The molecule has 1 atom stereocenters. The first-order valence-corrected chi connectivity index (χ1v) is 10.6. The Morgan fingerprint density at radius 2 is 2.00 bits per heavy atom. The van der Waals surface area contributed by atoms with E-state index >= 15 is 0 Å². The molecule has 3 rings (SSSR count). The van der Waals surface area contributed by atoms with Crippen LogP contribution in [-0.2, 0) is 4.79 Å². The van der Waals surface area contributed by atoms with Crippen LogP contribution in [0.15, 0.2) is 23.4 Å². The van der Waals surface area contributed by atoms with Crippen LogP contribution in [0.3, 0.4) is 0 Å². The van der Waals surface area contributed by atoms with E-state index in [9.17, 15) is 4.79 Å². The summed E-state index contributed by atoms with van der Waals surface area (Å²) in [6.45, 7) is 1.87. The minimum atomic E-state index is -0.308. The average molecular weight is 428 g/mol. The van der Waals surface area contributed by atoms with Crippen molar-refractivity contribution >= 4 is 40.9 Å². The number of rotatable bonds is 5. The van der Waals surface area contributed by atoms with E-state index in [0.29, 0.717) is 32.6 Å². The zero-order valence-electron chi connectivity index (χ0n) is 15.4. The molecule has 146 valence electrons. The maximum atomic E-state index is 12.8. The van der Waals surface area contributed by atoms with E-state index in [1.54, 1.807) is 18.2 Å². The summed E-state index contributed by atoms with van der Waals surface area (Å²) in [7, 11) is 1.89. The molecule has 6 nitrogen and oxygen atoms in total. The van der Waals surface area contributed by atoms with Crippen molar-refractivity contribution in [1.29, 1.82) is 0 Å². The third kappa shape index (κ3) is 4.52. The Balaban J connectivity index is 1.72. The Kier molecular flexibility index (Phi) is 6.55. The first-order valence-electron chi connectivity index (χ1n) is 8.97. The number of carbonyl (C=O) groups is 1. The molecule has 27 heavy (non-hydrogen) atoms. The highest BCUT2D eigenvalue weighted by Gasteiger charge is 2.27. The monoisotopic (exact) mass is 427 g/mol. The fraction of sp³-hybridized carbons (Fsp3) is 0.500. The third-order valence-corrected chi connectivity index (χ3v) is 6.53. The van der Waals surface area contributed by atoms with Gasteiger partial charge < -0.3 is 10.7 Å². The van der Waals surface area contributed by atoms with Gasteiger partial charge in [0.25, 0.3) is 0 Å². The van der Waals surface area contributed by atoms with Crippen LogP contribution < -0.4 is 5.84 Å². The summed E-state index contributed by atoms with van der Waals surface area (Å²) in [5, 5.41) is 9.41. The number of thioether (sulfide) groups is 1. The number of carbonyl (C=O) groups excluding carboxylic acids is 1. The highest BCUT2D eigenvalue weighted by atomic mass is 35.5. The SMILES string of the molecule is CC(Sc1nnc(-c2ccc(Cl)cc2Cl)n1N)C(=O)N(C)C1CCCCC1. The topological polar surface area (TPSA) is 77.0 Å². The largest absolute Gasteiger partial charge is 0.342 e. The molecule has 9 heteroatoms. The van der Waals surface area contributed by atoms with Crippen LogP contribution >= 0.6 is 35.0 Å². The lowest BCUT2D eigenvalue weighted by atomic mass is 9.94. The minimum Gasteiger partial charge on any atom is -0.342 e. The lowest BCUT2D eigenvalue weighted by Gasteiger charge is -2.32. The second kappa shape index (κ2) is 8.71. The molecule has 2 aromatic rings. The van der Waals surface area contributed by atoms with E-state index in [-0.39, 0.29) is 11.2 Å². The number of aromatic nitrogens is 3. The normalized spacial score (nSPS) is 16.3. The summed E-state index contributed by atoms with van der Waals surface area (Å²) in [6, 6.07) is 5.42. The number of amides is 1. The van der Waals surface area contributed by atoms with Crippen LogP contribution in [0, 0.1) is 0 Å². The van der Waals surface area contributed by atoms with E-state index < -0.39 is 0 Å². The second-order valence-corrected chi connectivity index (χ2v) is 8.95. The number of hydrogen-bond donors (Lipinski definition) is 1. The van der Waals surface area contributed by atoms with Gasteiger partial charge in [0.05, 0.1) is 10.3 Å². The van der Waals surface area contributed by atoms with Gasteiger partial charge in [0, 0.05) is 23.7 Å². The Bertz CT molecular complexity index is 822. The minimum absolute atomic E-state index is 0.0842. The number of nitrogen functional groups attached to an aromatic ring is 1. The number of halogens is 2. The van der Waals surface area contributed by atoms with E-state index in [2.05, 4.69) is 10.2 Å². The van der Waals surface area contributed by atoms with Crippen LogP contribution in [0.5, 0.6) is 0 Å². The lowest BCUT2D eigenvalue weighted by molar-refractivity contribution is -0.131. The Labute approximate surface area is 173 Å². The molecule has 0 radical (unpaired) electrons. The van der Waals surface area contributed by atoms with Gasteiger partial charge in [0.1, 0.15) is 0 Å². The van der Waals surface area contributed by atoms with Crippen molar-refractivity contribution in [3.63, 3.8) is 0 Å². The summed E-state index contributed by atoms with van der Waals surface area (Å²) >= 11 is 13.5. The molecule has 0 aliphatic heterocycles. The maximum absolute atomic E-state index is 12.8. The molecule has 1 amide bonds. The number of nitrogens with zero attached hydrogens (tertiary/aromatic N) is 4. The van der Waals surface area contributed by atoms with Crippen molar-refractivity contribution in [2.75, 3.05) is 12.9 Å². The molecule has 0 saturated heterocycles. The predicted octanol–water partition coefficient (Wildman–Crippen LogP) is 4.24. The van der Waals surface area contributed by atoms with Gasteiger partial charge in [-0.2, -0.15) is 0 Å². The fourth-order valence-electron chi connectivity index (χ4n) is 3.36. The van der Waals surface area contributed by atoms with Crippen molar-refractivity contribution in [1.82, 2.24) is 19.8 Å². The summed E-state index contributed by atoms with van der Waals surface area (Å²) in [4.78, 5) is 14.7. The molecule has 1 aliphatic rings. The zero-order chi connectivity index (χ0) is 19.6. The van der Waals surface area contributed by atoms with Gasteiger partial charge in [-0.25, -0.2) is 4.68 Å². The molecule has 0 bridgehead atoms. The lowest BCUT2D eigenvalue weighted by Crippen LogP contribution is -2.42. The molecule has 1 saturated carbocycles. The number of benzene rings is 1. The highest BCUT2D eigenvalue weighted by molar-refractivity contribution is 8.00. The van der Waals surface area contributed by atoms with Crippen LogP contribution in [0.4, 0.5) is 0 Å². The van der Waals surface area contributed by atoms with Crippen LogP contribution in [0.25, 0.3) is 11.4 Å². The second-order valence-electron chi connectivity index (χ2n) is 6.80. The molecule has 1 heterocycles. The Morgan fingerprint density at radius 3 is 2.67 bits per heavy atom. The van der Waals surface area contributed by atoms with Gasteiger partial charge >= 0.3 is 0 Å². The van der Waals surface area contributed by atoms with E-state index in [0.717, 1.165) is 12.8 Å². The van der Waals surface area contributed by atoms with Crippen molar-refractivity contribution < 1.29 is 4.79 Å². The highest BCUT2D eigenvalue weighted by Crippen LogP contribution is 2.32. The standard InChI is InChI=1S/C18H23Cl2N5OS/c1-11(17(26)24(2)13-6-4-3-5-7-13)27-18-23-22-16(25(18)21)14-9-8-12(19)10-15(14)20/h8-11,13H,3-7,21H2,1-2H3. The molecule has 0 spiro atoms. The molecule has 2 N–H and O–H groups in total. The van der Waals surface area contributed by atoms with Crippen LogP contribution in [0.1, 0.15) is 39.0 Å². The quantitative estimate of drug-likeness (QED) is 0.570. The van der Waals surface area contributed by atoms with Crippen LogP contribution in [-0.4, -0.2) is 44.0 Å². The van der Waals surface area contributed by atoms with Crippen molar-refractivity contribution in [2.24, 2.45) is 0 Å². The molecule has 1 aromatic heterocycles. The smallest absolute Gasteiger partial charge is 0.235 e. The first-order chi connectivity index (χ1) is 12.9. The van der Waals surface area contributed by atoms with Gasteiger partial charge in [0.15, 0.2) is 5.82 Å². The summed E-state index contributed by atoms with van der Waals surface area (Å²) in [6.07, 6.45) is 5.78. The van der Waals surface area contributed by atoms with Crippen molar-refractivity contribution in [3.8, 4) is 11.4 Å². The van der Waals surface area contributed by atoms with E-state index in [1.165, 1.54) is 35.7 Å². The Morgan fingerprint density at radius 1 is 1.30 bits per heavy atom. The third-order valence-electron chi connectivity index (χ3n) is 4.94. The fourth-order valence-corrected chi connectivity index (χ4v) is 4.72. The van der Waals surface area contributed by atoms with Crippen LogP contribution in [0.2, 0.25) is 10.0 Å².